The first kappa shape index (κ1) is 13.1. The molecule has 0 saturated carbocycles. The Morgan fingerprint density at radius 1 is 1.32 bits per heavy atom. The van der Waals surface area contributed by atoms with Crippen LogP contribution in [0.2, 0.25) is 0 Å². The smallest absolute Gasteiger partial charge is 0.126 e. The molecule has 0 spiro atoms. The van der Waals surface area contributed by atoms with Gasteiger partial charge in [-0.3, -0.25) is 4.90 Å². The summed E-state index contributed by atoms with van der Waals surface area (Å²) in [6, 6.07) is 0.710. The molecule has 1 fully saturated rings. The molecule has 0 aliphatic carbocycles. The summed E-state index contributed by atoms with van der Waals surface area (Å²) in [4.78, 5) is 7.27. The molecule has 19 heavy (non-hydrogen) atoms. The zero-order valence-corrected chi connectivity index (χ0v) is 11.9. The first-order valence-corrected chi connectivity index (χ1v) is 7.76. The SMILES string of the molecule is CCN1CCCCC1c1ncc2n1C(CO)CCC2. The second-order valence-corrected chi connectivity index (χ2v) is 5.85. The third kappa shape index (κ3) is 2.32. The zero-order chi connectivity index (χ0) is 13.2. The zero-order valence-electron chi connectivity index (χ0n) is 11.9. The standard InChI is InChI=1S/C15H25N3O/c1-2-17-9-4-3-8-14(17)15-16-10-12-6-5-7-13(11-19)18(12)15/h10,13-14,19H,2-9,11H2,1H3. The number of piperidine rings is 1. The van der Waals surface area contributed by atoms with Crippen LogP contribution >= 0.6 is 0 Å². The Bertz CT molecular complexity index is 429. The van der Waals surface area contributed by atoms with Gasteiger partial charge < -0.3 is 9.67 Å². The Morgan fingerprint density at radius 2 is 2.21 bits per heavy atom. The summed E-state index contributed by atoms with van der Waals surface area (Å²) in [7, 11) is 0. The van der Waals surface area contributed by atoms with Crippen LogP contribution in [0.5, 0.6) is 0 Å². The minimum absolute atomic E-state index is 0.245. The maximum absolute atomic E-state index is 9.64. The molecule has 1 N–H and O–H groups in total. The number of aliphatic hydroxyl groups excluding tert-OH is 1. The molecule has 2 unspecified atom stereocenters. The molecule has 0 aromatic carbocycles. The van der Waals surface area contributed by atoms with Gasteiger partial charge in [0, 0.05) is 11.9 Å². The molecule has 0 amide bonds. The number of rotatable bonds is 3. The molecule has 4 nitrogen and oxygen atoms in total. The first-order valence-electron chi connectivity index (χ1n) is 7.76. The summed E-state index contributed by atoms with van der Waals surface area (Å²) < 4.78 is 2.35. The van der Waals surface area contributed by atoms with Gasteiger partial charge in [-0.2, -0.15) is 0 Å². The Labute approximate surface area is 115 Å². The summed E-state index contributed by atoms with van der Waals surface area (Å²) in [5, 5.41) is 9.64. The molecule has 1 aromatic heterocycles. The van der Waals surface area contributed by atoms with Crippen molar-refractivity contribution in [2.45, 2.75) is 57.5 Å². The van der Waals surface area contributed by atoms with E-state index in [1.165, 1.54) is 43.7 Å². The Morgan fingerprint density at radius 3 is 3.00 bits per heavy atom. The summed E-state index contributed by atoms with van der Waals surface area (Å²) in [5.41, 5.74) is 1.32. The fourth-order valence-electron chi connectivity index (χ4n) is 3.75. The molecule has 106 valence electrons. The number of aryl methyl sites for hydroxylation is 1. The van der Waals surface area contributed by atoms with Gasteiger partial charge in [-0.1, -0.05) is 13.3 Å². The molecule has 3 rings (SSSR count). The normalized spacial score (nSPS) is 28.3. The van der Waals surface area contributed by atoms with E-state index in [1.54, 1.807) is 0 Å². The van der Waals surface area contributed by atoms with E-state index in [0.717, 1.165) is 19.4 Å². The van der Waals surface area contributed by atoms with Gasteiger partial charge in [0.05, 0.1) is 18.7 Å². The summed E-state index contributed by atoms with van der Waals surface area (Å²) in [6.45, 7) is 4.76. The predicted octanol–water partition coefficient (Wildman–Crippen LogP) is 2.30. The molecule has 0 bridgehead atoms. The minimum atomic E-state index is 0.245. The van der Waals surface area contributed by atoms with Gasteiger partial charge in [-0.25, -0.2) is 4.98 Å². The lowest BCUT2D eigenvalue weighted by atomic mass is 9.99. The van der Waals surface area contributed by atoms with Gasteiger partial charge in [-0.15, -0.1) is 0 Å². The molecule has 4 heteroatoms. The highest BCUT2D eigenvalue weighted by Gasteiger charge is 2.30. The highest BCUT2D eigenvalue weighted by atomic mass is 16.3. The van der Waals surface area contributed by atoms with Crippen LogP contribution in [0.15, 0.2) is 6.20 Å². The number of hydrogen-bond donors (Lipinski definition) is 1. The van der Waals surface area contributed by atoms with Crippen molar-refractivity contribution in [3.63, 3.8) is 0 Å². The molecule has 1 saturated heterocycles. The quantitative estimate of drug-likeness (QED) is 0.910. The fourth-order valence-corrected chi connectivity index (χ4v) is 3.75. The van der Waals surface area contributed by atoms with Crippen molar-refractivity contribution in [2.75, 3.05) is 19.7 Å². The number of likely N-dealkylation sites (tertiary alicyclic amines) is 1. The molecule has 2 aliphatic heterocycles. The Balaban J connectivity index is 1.94. The molecular formula is C15H25N3O. The van der Waals surface area contributed by atoms with E-state index in [1.807, 2.05) is 6.20 Å². The van der Waals surface area contributed by atoms with E-state index in [-0.39, 0.29) is 12.6 Å². The van der Waals surface area contributed by atoms with Gasteiger partial charge in [-0.05, 0) is 45.2 Å². The van der Waals surface area contributed by atoms with Crippen LogP contribution in [-0.4, -0.2) is 39.3 Å². The van der Waals surface area contributed by atoms with Crippen molar-refractivity contribution in [3.05, 3.63) is 17.7 Å². The lowest BCUT2D eigenvalue weighted by molar-refractivity contribution is 0.136. The third-order valence-corrected chi connectivity index (χ3v) is 4.77. The van der Waals surface area contributed by atoms with E-state index < -0.39 is 0 Å². The fraction of sp³-hybridized carbons (Fsp3) is 0.800. The number of imidazole rings is 1. The predicted molar refractivity (Wildman–Crippen MR) is 75.1 cm³/mol. The van der Waals surface area contributed by atoms with E-state index in [4.69, 9.17) is 4.98 Å². The number of aliphatic hydroxyl groups is 1. The maximum Gasteiger partial charge on any atom is 0.126 e. The Hall–Kier alpha value is -0.870. The van der Waals surface area contributed by atoms with Crippen LogP contribution in [0, 0.1) is 0 Å². The molecule has 2 aliphatic rings. The van der Waals surface area contributed by atoms with Crippen LogP contribution in [-0.2, 0) is 6.42 Å². The van der Waals surface area contributed by atoms with Crippen LogP contribution in [0.3, 0.4) is 0 Å². The van der Waals surface area contributed by atoms with Gasteiger partial charge in [0.1, 0.15) is 5.82 Å². The van der Waals surface area contributed by atoms with Crippen molar-refractivity contribution in [3.8, 4) is 0 Å². The highest BCUT2D eigenvalue weighted by molar-refractivity contribution is 5.14. The van der Waals surface area contributed by atoms with E-state index in [9.17, 15) is 5.11 Å². The van der Waals surface area contributed by atoms with Crippen molar-refractivity contribution in [1.29, 1.82) is 0 Å². The third-order valence-electron chi connectivity index (χ3n) is 4.77. The monoisotopic (exact) mass is 263 g/mol. The average Bonchev–Trinajstić information content (AvgIpc) is 2.91. The first-order chi connectivity index (χ1) is 9.35. The molecule has 1 aromatic rings. The maximum atomic E-state index is 9.64. The van der Waals surface area contributed by atoms with Gasteiger partial charge >= 0.3 is 0 Å². The van der Waals surface area contributed by atoms with Crippen molar-refractivity contribution in [2.24, 2.45) is 0 Å². The highest BCUT2D eigenvalue weighted by Crippen LogP contribution is 2.35. The van der Waals surface area contributed by atoms with Crippen LogP contribution in [0.4, 0.5) is 0 Å². The van der Waals surface area contributed by atoms with Crippen molar-refractivity contribution >= 4 is 0 Å². The van der Waals surface area contributed by atoms with E-state index in [0.29, 0.717) is 6.04 Å². The van der Waals surface area contributed by atoms with Crippen LogP contribution < -0.4 is 0 Å². The molecule has 3 heterocycles. The van der Waals surface area contributed by atoms with E-state index >= 15 is 0 Å². The summed E-state index contributed by atoms with van der Waals surface area (Å²) in [6.07, 6.45) is 9.24. The second-order valence-electron chi connectivity index (χ2n) is 5.85. The lowest BCUT2D eigenvalue weighted by Gasteiger charge is -2.36. The molecular weight excluding hydrogens is 238 g/mol. The largest absolute Gasteiger partial charge is 0.394 e. The number of aromatic nitrogens is 2. The second kappa shape index (κ2) is 5.63. The number of hydrogen-bond acceptors (Lipinski definition) is 3. The molecule has 2 atom stereocenters. The minimum Gasteiger partial charge on any atom is -0.394 e. The van der Waals surface area contributed by atoms with Gasteiger partial charge in [0.25, 0.3) is 0 Å². The van der Waals surface area contributed by atoms with Gasteiger partial charge in [0.15, 0.2) is 0 Å². The lowest BCUT2D eigenvalue weighted by Crippen LogP contribution is -2.36. The van der Waals surface area contributed by atoms with Crippen LogP contribution in [0.25, 0.3) is 0 Å². The molecule has 0 radical (unpaired) electrons. The van der Waals surface area contributed by atoms with Gasteiger partial charge in [0.2, 0.25) is 0 Å². The van der Waals surface area contributed by atoms with Crippen molar-refractivity contribution in [1.82, 2.24) is 14.5 Å². The van der Waals surface area contributed by atoms with E-state index in [2.05, 4.69) is 16.4 Å². The number of nitrogens with zero attached hydrogens (tertiary/aromatic N) is 3. The summed E-state index contributed by atoms with van der Waals surface area (Å²) in [5.74, 6) is 1.20. The Kier molecular flexibility index (Phi) is 3.89. The summed E-state index contributed by atoms with van der Waals surface area (Å²) >= 11 is 0. The van der Waals surface area contributed by atoms with Crippen LogP contribution in [0.1, 0.15) is 62.6 Å². The average molecular weight is 263 g/mol. The van der Waals surface area contributed by atoms with Crippen molar-refractivity contribution < 1.29 is 5.11 Å². The topological polar surface area (TPSA) is 41.3 Å². The number of fused-ring (bicyclic) bond motifs is 1.